The summed E-state index contributed by atoms with van der Waals surface area (Å²) in [6.45, 7) is 7.30. The number of guanidine groups is 1. The summed E-state index contributed by atoms with van der Waals surface area (Å²) in [4.78, 5) is 19.2. The van der Waals surface area contributed by atoms with Gasteiger partial charge in [0.1, 0.15) is 11.5 Å². The van der Waals surface area contributed by atoms with E-state index >= 15 is 0 Å². The molecule has 1 heterocycles. The van der Waals surface area contributed by atoms with E-state index in [1.54, 1.807) is 13.2 Å². The lowest BCUT2D eigenvalue weighted by atomic mass is 9.94. The lowest BCUT2D eigenvalue weighted by molar-refractivity contribution is -0.119. The average Bonchev–Trinajstić information content (AvgIpc) is 3.13. The van der Waals surface area contributed by atoms with Crippen molar-refractivity contribution in [1.82, 2.24) is 15.6 Å². The van der Waals surface area contributed by atoms with Gasteiger partial charge in [-0.25, -0.2) is 4.98 Å². The first-order valence-corrected chi connectivity index (χ1v) is 9.17. The van der Waals surface area contributed by atoms with Crippen LogP contribution in [0.15, 0.2) is 39.9 Å². The Balaban J connectivity index is 1.75. The summed E-state index contributed by atoms with van der Waals surface area (Å²) in [5, 5.41) is 6.45. The van der Waals surface area contributed by atoms with Crippen LogP contribution < -0.4 is 21.1 Å². The highest BCUT2D eigenvalue weighted by Crippen LogP contribution is 2.22. The zero-order valence-corrected chi connectivity index (χ0v) is 16.9. The van der Waals surface area contributed by atoms with Crippen LogP contribution in [0, 0.1) is 0 Å². The Morgan fingerprint density at radius 3 is 2.54 bits per heavy atom. The van der Waals surface area contributed by atoms with Crippen molar-refractivity contribution in [2.24, 2.45) is 10.7 Å². The molecule has 1 amide bonds. The third-order valence-electron chi connectivity index (χ3n) is 3.93. The van der Waals surface area contributed by atoms with Crippen molar-refractivity contribution in [1.29, 1.82) is 0 Å². The van der Waals surface area contributed by atoms with E-state index in [4.69, 9.17) is 14.9 Å². The predicted molar refractivity (Wildman–Crippen MR) is 108 cm³/mol. The smallest absolute Gasteiger partial charge is 0.255 e. The number of aromatic nitrogens is 1. The molecule has 0 aliphatic rings. The number of rotatable bonds is 8. The maximum atomic E-state index is 10.7. The molecule has 28 heavy (non-hydrogen) atoms. The molecule has 2 aromatic rings. The van der Waals surface area contributed by atoms with Gasteiger partial charge in [-0.2, -0.15) is 0 Å². The molecular formula is C20H29N5O3. The van der Waals surface area contributed by atoms with Gasteiger partial charge in [0.05, 0.1) is 12.7 Å². The molecule has 8 heteroatoms. The number of carbonyl (C=O) groups is 1. The third-order valence-corrected chi connectivity index (χ3v) is 3.93. The number of amides is 1. The second-order valence-corrected chi connectivity index (χ2v) is 7.37. The Morgan fingerprint density at radius 1 is 1.25 bits per heavy atom. The molecule has 1 aromatic carbocycles. The van der Waals surface area contributed by atoms with Gasteiger partial charge in [0.25, 0.3) is 5.91 Å². The summed E-state index contributed by atoms with van der Waals surface area (Å²) in [6.07, 6.45) is 2.58. The normalized spacial score (nSPS) is 11.9. The van der Waals surface area contributed by atoms with Gasteiger partial charge in [-0.15, -0.1) is 0 Å². The second-order valence-electron chi connectivity index (χ2n) is 7.37. The van der Waals surface area contributed by atoms with Crippen LogP contribution in [0.1, 0.15) is 38.0 Å². The molecule has 0 bridgehead atoms. The third kappa shape index (κ3) is 6.94. The minimum atomic E-state index is -0.494. The van der Waals surface area contributed by atoms with E-state index in [1.807, 2.05) is 24.3 Å². The molecule has 2 rings (SSSR count). The molecule has 1 aromatic heterocycles. The number of benzene rings is 1. The van der Waals surface area contributed by atoms with Crippen molar-refractivity contribution in [3.63, 3.8) is 0 Å². The highest BCUT2D eigenvalue weighted by molar-refractivity contribution is 5.79. The lowest BCUT2D eigenvalue weighted by Crippen LogP contribution is -2.37. The van der Waals surface area contributed by atoms with Crippen molar-refractivity contribution in [2.45, 2.75) is 39.2 Å². The van der Waals surface area contributed by atoms with Crippen molar-refractivity contribution in [2.75, 3.05) is 20.2 Å². The maximum absolute atomic E-state index is 10.7. The summed E-state index contributed by atoms with van der Waals surface area (Å²) in [7, 11) is 1.72. The molecule has 0 spiro atoms. The Kier molecular flexibility index (Phi) is 7.43. The standard InChI is InChI=1S/C20H29N5O3/c1-20(2,3)16-11-24-18(28-16)12-25-19(22-4)23-10-9-14-5-7-15(8-6-14)27-13-17(21)26/h5-8,11H,9-10,12-13H2,1-4H3,(H2,21,26)(H2,22,23,25). The number of hydrogen-bond acceptors (Lipinski definition) is 5. The van der Waals surface area contributed by atoms with Crippen molar-refractivity contribution in [3.05, 3.63) is 47.7 Å². The number of aliphatic imine (C=N–C) groups is 1. The molecule has 0 saturated heterocycles. The fraction of sp³-hybridized carbons (Fsp3) is 0.450. The summed E-state index contributed by atoms with van der Waals surface area (Å²) in [5.74, 6) is 2.28. The number of nitrogens with two attached hydrogens (primary N) is 1. The number of oxazole rings is 1. The summed E-state index contributed by atoms with van der Waals surface area (Å²) in [6, 6.07) is 7.55. The number of hydrogen-bond donors (Lipinski definition) is 3. The van der Waals surface area contributed by atoms with E-state index in [9.17, 15) is 4.79 Å². The number of nitrogens with zero attached hydrogens (tertiary/aromatic N) is 2. The summed E-state index contributed by atoms with van der Waals surface area (Å²) in [5.41, 5.74) is 6.13. The van der Waals surface area contributed by atoms with E-state index in [0.717, 1.165) is 17.7 Å². The predicted octanol–water partition coefficient (Wildman–Crippen LogP) is 1.74. The monoisotopic (exact) mass is 387 g/mol. The minimum Gasteiger partial charge on any atom is -0.484 e. The number of primary amides is 1. The molecule has 0 atom stereocenters. The van der Waals surface area contributed by atoms with Gasteiger partial charge < -0.3 is 25.5 Å². The van der Waals surface area contributed by atoms with Crippen molar-refractivity contribution >= 4 is 11.9 Å². The first-order valence-electron chi connectivity index (χ1n) is 9.17. The van der Waals surface area contributed by atoms with Crippen LogP contribution in [0.3, 0.4) is 0 Å². The van der Waals surface area contributed by atoms with E-state index < -0.39 is 5.91 Å². The Bertz CT molecular complexity index is 791. The van der Waals surface area contributed by atoms with Crippen molar-refractivity contribution in [3.8, 4) is 5.75 Å². The topological polar surface area (TPSA) is 115 Å². The lowest BCUT2D eigenvalue weighted by Gasteiger charge is -2.13. The van der Waals surface area contributed by atoms with E-state index in [0.29, 0.717) is 30.7 Å². The van der Waals surface area contributed by atoms with Gasteiger partial charge in [-0.1, -0.05) is 32.9 Å². The number of nitrogens with one attached hydrogen (secondary N) is 2. The van der Waals surface area contributed by atoms with Gasteiger partial charge >= 0.3 is 0 Å². The molecular weight excluding hydrogens is 358 g/mol. The highest BCUT2D eigenvalue weighted by atomic mass is 16.5. The summed E-state index contributed by atoms with van der Waals surface area (Å²) >= 11 is 0. The molecule has 152 valence electrons. The molecule has 0 fully saturated rings. The fourth-order valence-electron chi connectivity index (χ4n) is 2.35. The molecule has 0 aliphatic carbocycles. The average molecular weight is 387 g/mol. The zero-order valence-electron chi connectivity index (χ0n) is 16.9. The largest absolute Gasteiger partial charge is 0.484 e. The zero-order chi connectivity index (χ0) is 20.6. The highest BCUT2D eigenvalue weighted by Gasteiger charge is 2.19. The molecule has 0 saturated carbocycles. The first kappa shape index (κ1) is 21.3. The van der Waals surface area contributed by atoms with Crippen LogP contribution in [0.5, 0.6) is 5.75 Å². The van der Waals surface area contributed by atoms with E-state index in [2.05, 4.69) is 41.4 Å². The molecule has 4 N–H and O–H groups in total. The summed E-state index contributed by atoms with van der Waals surface area (Å²) < 4.78 is 11.0. The molecule has 0 unspecified atom stereocenters. The van der Waals surface area contributed by atoms with Crippen LogP contribution in [0.2, 0.25) is 0 Å². The second kappa shape index (κ2) is 9.77. The molecule has 0 aliphatic heterocycles. The minimum absolute atomic E-state index is 0.0639. The Hall–Kier alpha value is -3.03. The maximum Gasteiger partial charge on any atom is 0.255 e. The SMILES string of the molecule is CN=C(NCCc1ccc(OCC(N)=O)cc1)NCc1ncc(C(C)(C)C)o1. The molecule has 8 nitrogen and oxygen atoms in total. The van der Waals surface area contributed by atoms with Crippen LogP contribution in [0.25, 0.3) is 0 Å². The van der Waals surface area contributed by atoms with Gasteiger partial charge in [0.2, 0.25) is 5.89 Å². The van der Waals surface area contributed by atoms with Crippen molar-refractivity contribution < 1.29 is 13.9 Å². The van der Waals surface area contributed by atoms with Gasteiger partial charge in [0.15, 0.2) is 12.6 Å². The fourth-order valence-corrected chi connectivity index (χ4v) is 2.35. The van der Waals surface area contributed by atoms with Crippen LogP contribution in [0.4, 0.5) is 0 Å². The van der Waals surface area contributed by atoms with E-state index in [-0.39, 0.29) is 12.0 Å². The van der Waals surface area contributed by atoms with Crippen LogP contribution in [-0.4, -0.2) is 37.1 Å². The van der Waals surface area contributed by atoms with Crippen LogP contribution >= 0.6 is 0 Å². The quantitative estimate of drug-likeness (QED) is 0.469. The first-order chi connectivity index (χ1) is 13.3. The number of ether oxygens (including phenoxy) is 1. The van der Waals surface area contributed by atoms with Gasteiger partial charge in [-0.3, -0.25) is 9.79 Å². The number of carbonyl (C=O) groups excluding carboxylic acids is 1. The Labute approximate surface area is 165 Å². The van der Waals surface area contributed by atoms with Gasteiger partial charge in [0, 0.05) is 19.0 Å². The Morgan fingerprint density at radius 2 is 1.96 bits per heavy atom. The molecule has 0 radical (unpaired) electrons. The van der Waals surface area contributed by atoms with E-state index in [1.165, 1.54) is 0 Å². The van der Waals surface area contributed by atoms with Crippen LogP contribution in [-0.2, 0) is 23.2 Å². The van der Waals surface area contributed by atoms with Gasteiger partial charge in [-0.05, 0) is 24.1 Å².